The average Bonchev–Trinajstić information content (AvgIpc) is 2.81. The third-order valence-electron chi connectivity index (χ3n) is 4.28. The van der Waals surface area contributed by atoms with Gasteiger partial charge in [0.15, 0.2) is 0 Å². The molecule has 2 rings (SSSR count). The summed E-state index contributed by atoms with van der Waals surface area (Å²) >= 11 is 0. The molecule has 1 N–H and O–H groups in total. The Morgan fingerprint density at radius 2 is 2.25 bits per heavy atom. The summed E-state index contributed by atoms with van der Waals surface area (Å²) in [5.74, 6) is 0.578. The molecule has 1 aromatic heterocycles. The molecule has 0 spiro atoms. The first-order chi connectivity index (χ1) is 9.36. The summed E-state index contributed by atoms with van der Waals surface area (Å²) in [5, 5.41) is 19.0. The van der Waals surface area contributed by atoms with Crippen LogP contribution in [0.2, 0.25) is 0 Å². The first kappa shape index (κ1) is 14.8. The van der Waals surface area contributed by atoms with Crippen LogP contribution >= 0.6 is 0 Å². The van der Waals surface area contributed by atoms with Crippen LogP contribution < -0.4 is 5.32 Å². The Morgan fingerprint density at radius 3 is 2.75 bits per heavy atom. The van der Waals surface area contributed by atoms with E-state index in [9.17, 15) is 10.1 Å². The molecule has 1 aromatic rings. The molecule has 0 aliphatic heterocycles. The summed E-state index contributed by atoms with van der Waals surface area (Å²) in [6.07, 6.45) is 4.28. The average molecular weight is 280 g/mol. The number of aromatic nitrogens is 2. The maximum absolute atomic E-state index is 11.3. The molecular formula is C14H24N4O2. The van der Waals surface area contributed by atoms with Gasteiger partial charge in [0.05, 0.1) is 4.92 Å². The van der Waals surface area contributed by atoms with E-state index in [0.717, 1.165) is 19.3 Å². The smallest absolute Gasteiger partial charge is 0.333 e. The van der Waals surface area contributed by atoms with E-state index in [2.05, 4.69) is 24.3 Å². The lowest BCUT2D eigenvalue weighted by atomic mass is 9.87. The zero-order chi connectivity index (χ0) is 14.9. The van der Waals surface area contributed by atoms with E-state index in [0.29, 0.717) is 18.1 Å². The number of hydrogen-bond acceptors (Lipinski definition) is 4. The van der Waals surface area contributed by atoms with Gasteiger partial charge in [-0.2, -0.15) is 5.10 Å². The highest BCUT2D eigenvalue weighted by molar-refractivity contribution is 5.60. The van der Waals surface area contributed by atoms with Gasteiger partial charge in [-0.05, 0) is 31.6 Å². The monoisotopic (exact) mass is 280 g/mol. The molecule has 6 heteroatoms. The van der Waals surface area contributed by atoms with Crippen molar-refractivity contribution in [3.05, 3.63) is 15.8 Å². The lowest BCUT2D eigenvalue weighted by Crippen LogP contribution is -2.32. The molecule has 6 nitrogen and oxygen atoms in total. The fourth-order valence-electron chi connectivity index (χ4n) is 3.07. The van der Waals surface area contributed by atoms with Crippen LogP contribution in [0.15, 0.2) is 0 Å². The maximum Gasteiger partial charge on any atom is 0.333 e. The molecule has 0 amide bonds. The van der Waals surface area contributed by atoms with E-state index in [-0.39, 0.29) is 22.1 Å². The number of nitro groups is 1. The Bertz CT molecular complexity index is 508. The molecule has 1 unspecified atom stereocenters. The predicted molar refractivity (Wildman–Crippen MR) is 79.0 cm³/mol. The van der Waals surface area contributed by atoms with Gasteiger partial charge >= 0.3 is 5.69 Å². The Balaban J connectivity index is 2.35. The van der Waals surface area contributed by atoms with Crippen molar-refractivity contribution in [2.75, 3.05) is 5.32 Å². The van der Waals surface area contributed by atoms with E-state index in [1.54, 1.807) is 11.6 Å². The van der Waals surface area contributed by atoms with Crippen molar-refractivity contribution in [1.29, 1.82) is 0 Å². The van der Waals surface area contributed by atoms with E-state index in [1.165, 1.54) is 6.42 Å². The van der Waals surface area contributed by atoms with E-state index >= 15 is 0 Å². The quantitative estimate of drug-likeness (QED) is 0.661. The van der Waals surface area contributed by atoms with Crippen molar-refractivity contribution >= 4 is 11.5 Å². The summed E-state index contributed by atoms with van der Waals surface area (Å²) < 4.78 is 1.75. The van der Waals surface area contributed by atoms with Crippen molar-refractivity contribution in [2.45, 2.75) is 66.0 Å². The molecule has 1 atom stereocenters. The van der Waals surface area contributed by atoms with Crippen LogP contribution in [-0.2, 0) is 6.54 Å². The van der Waals surface area contributed by atoms with Crippen LogP contribution in [0.3, 0.4) is 0 Å². The lowest BCUT2D eigenvalue weighted by Gasteiger charge is -2.28. The Hall–Kier alpha value is -1.59. The first-order valence-electron chi connectivity index (χ1n) is 7.35. The zero-order valence-electron chi connectivity index (χ0n) is 12.8. The number of aryl methyl sites for hydroxylation is 2. The van der Waals surface area contributed by atoms with Gasteiger partial charge in [0, 0.05) is 12.6 Å². The van der Waals surface area contributed by atoms with Crippen molar-refractivity contribution in [2.24, 2.45) is 5.41 Å². The van der Waals surface area contributed by atoms with Gasteiger partial charge in [0.25, 0.3) is 0 Å². The summed E-state index contributed by atoms with van der Waals surface area (Å²) in [6, 6.07) is 0.271. The second-order valence-electron chi connectivity index (χ2n) is 6.34. The van der Waals surface area contributed by atoms with Crippen LogP contribution in [-0.4, -0.2) is 20.7 Å². The minimum atomic E-state index is -0.321. The Labute approximate surface area is 119 Å². The molecule has 1 heterocycles. The number of nitrogens with zero attached hydrogens (tertiary/aromatic N) is 3. The fraction of sp³-hybridized carbons (Fsp3) is 0.786. The molecule has 1 fully saturated rings. The predicted octanol–water partition coefficient (Wildman–Crippen LogP) is 3.50. The van der Waals surface area contributed by atoms with Gasteiger partial charge in [-0.3, -0.25) is 10.1 Å². The molecule has 0 saturated heterocycles. The molecule has 0 bridgehead atoms. The van der Waals surface area contributed by atoms with Crippen molar-refractivity contribution in [3.8, 4) is 0 Å². The van der Waals surface area contributed by atoms with Crippen LogP contribution in [0.4, 0.5) is 11.5 Å². The molecule has 1 saturated carbocycles. The third kappa shape index (κ3) is 2.64. The number of hydrogen-bond donors (Lipinski definition) is 1. The van der Waals surface area contributed by atoms with Crippen molar-refractivity contribution in [3.63, 3.8) is 0 Å². The van der Waals surface area contributed by atoms with Crippen molar-refractivity contribution < 1.29 is 4.92 Å². The topological polar surface area (TPSA) is 73.0 Å². The molecule has 0 aromatic carbocycles. The molecular weight excluding hydrogens is 256 g/mol. The van der Waals surface area contributed by atoms with E-state index in [4.69, 9.17) is 0 Å². The van der Waals surface area contributed by atoms with Gasteiger partial charge in [-0.1, -0.05) is 27.2 Å². The lowest BCUT2D eigenvalue weighted by molar-refractivity contribution is -0.384. The van der Waals surface area contributed by atoms with Gasteiger partial charge in [-0.25, -0.2) is 4.68 Å². The highest BCUT2D eigenvalue weighted by Gasteiger charge is 2.37. The van der Waals surface area contributed by atoms with Crippen molar-refractivity contribution in [1.82, 2.24) is 9.78 Å². The maximum atomic E-state index is 11.3. The van der Waals surface area contributed by atoms with E-state index in [1.807, 2.05) is 6.92 Å². The number of rotatable bonds is 5. The second-order valence-corrected chi connectivity index (χ2v) is 6.34. The highest BCUT2D eigenvalue weighted by Crippen LogP contribution is 2.40. The summed E-state index contributed by atoms with van der Waals surface area (Å²) in [4.78, 5) is 11.0. The fourth-order valence-corrected chi connectivity index (χ4v) is 3.07. The largest absolute Gasteiger partial charge is 0.361 e. The second kappa shape index (κ2) is 5.42. The third-order valence-corrected chi connectivity index (χ3v) is 4.28. The number of anilines is 1. The zero-order valence-corrected chi connectivity index (χ0v) is 12.8. The van der Waals surface area contributed by atoms with Gasteiger partial charge in [0.1, 0.15) is 5.69 Å². The SMILES string of the molecule is CCCn1nc(C)c([N+](=O)[O-])c1NC1CCCC1(C)C. The molecule has 0 radical (unpaired) electrons. The minimum Gasteiger partial charge on any atom is -0.361 e. The van der Waals surface area contributed by atoms with Gasteiger partial charge in [0.2, 0.25) is 5.82 Å². The molecule has 20 heavy (non-hydrogen) atoms. The molecule has 1 aliphatic rings. The minimum absolute atomic E-state index is 0.126. The highest BCUT2D eigenvalue weighted by atomic mass is 16.6. The van der Waals surface area contributed by atoms with Crippen LogP contribution in [0.5, 0.6) is 0 Å². The van der Waals surface area contributed by atoms with Gasteiger partial charge in [-0.15, -0.1) is 0 Å². The normalized spacial score (nSPS) is 21.1. The molecule has 112 valence electrons. The van der Waals surface area contributed by atoms with Crippen LogP contribution in [0, 0.1) is 22.5 Å². The van der Waals surface area contributed by atoms with Gasteiger partial charge < -0.3 is 5.32 Å². The summed E-state index contributed by atoms with van der Waals surface area (Å²) in [5.41, 5.74) is 0.784. The number of nitrogens with one attached hydrogen (secondary N) is 1. The van der Waals surface area contributed by atoms with Crippen LogP contribution in [0.25, 0.3) is 0 Å². The Kier molecular flexibility index (Phi) is 4.01. The standard InChI is InChI=1S/C14H24N4O2/c1-5-9-17-13(12(18(19)20)10(2)16-17)15-11-7-6-8-14(11,3)4/h11,15H,5-9H2,1-4H3. The molecule has 1 aliphatic carbocycles. The Morgan fingerprint density at radius 1 is 1.55 bits per heavy atom. The summed E-state index contributed by atoms with van der Waals surface area (Å²) in [7, 11) is 0. The van der Waals surface area contributed by atoms with Crippen LogP contribution in [0.1, 0.15) is 52.1 Å². The summed E-state index contributed by atoms with van der Waals surface area (Å²) in [6.45, 7) is 8.89. The first-order valence-corrected chi connectivity index (χ1v) is 7.35. The van der Waals surface area contributed by atoms with E-state index < -0.39 is 0 Å².